The predicted molar refractivity (Wildman–Crippen MR) is 90.3 cm³/mol. The molecular weight excluding hydrogens is 339 g/mol. The quantitative estimate of drug-likeness (QED) is 0.758. The number of H-pyrrole nitrogens is 1. The van der Waals surface area contributed by atoms with Crippen molar-refractivity contribution in [3.8, 4) is 10.4 Å². The van der Waals surface area contributed by atoms with Crippen molar-refractivity contribution in [3.63, 3.8) is 0 Å². The molecule has 0 bridgehead atoms. The minimum atomic E-state index is -0.416. The molecule has 0 radical (unpaired) electrons. The maximum absolute atomic E-state index is 13.8. The lowest BCUT2D eigenvalue weighted by Crippen LogP contribution is -2.20. The first-order valence-electron chi connectivity index (χ1n) is 7.02. The van der Waals surface area contributed by atoms with Crippen LogP contribution >= 0.6 is 23.7 Å². The van der Waals surface area contributed by atoms with Gasteiger partial charge in [0.1, 0.15) is 16.3 Å². The lowest BCUT2D eigenvalue weighted by molar-refractivity contribution is 0.594. The highest BCUT2D eigenvalue weighted by atomic mass is 35.5. The van der Waals surface area contributed by atoms with Crippen LogP contribution in [0, 0.1) is 11.7 Å². The van der Waals surface area contributed by atoms with Crippen molar-refractivity contribution in [1.29, 1.82) is 0 Å². The van der Waals surface area contributed by atoms with E-state index in [1.54, 1.807) is 12.1 Å². The molecule has 0 spiro atoms. The predicted octanol–water partition coefficient (Wildman–Crippen LogP) is 3.02. The van der Waals surface area contributed by atoms with E-state index in [0.29, 0.717) is 32.4 Å². The van der Waals surface area contributed by atoms with E-state index in [2.05, 4.69) is 15.0 Å². The summed E-state index contributed by atoms with van der Waals surface area (Å²) in [6.07, 6.45) is 4.82. The normalized spacial score (nSPS) is 15.4. The Morgan fingerprint density at radius 3 is 2.91 bits per heavy atom. The van der Waals surface area contributed by atoms with Gasteiger partial charge < -0.3 is 10.7 Å². The summed E-state index contributed by atoms with van der Waals surface area (Å²) in [7, 11) is 0. The standard InChI is InChI=1S/C15H13FN4OS.ClH/c16-9-6-18-4-3-8(9)11-5-10-13(22-11)15(21)20-14(19-10)12(17)7-1-2-7;/h3-7,12H,1-2,17H2,(H,19,20,21);1H/t12-;/m0./s1. The molecule has 1 saturated carbocycles. The maximum atomic E-state index is 13.8. The summed E-state index contributed by atoms with van der Waals surface area (Å²) in [4.78, 5) is 23.9. The summed E-state index contributed by atoms with van der Waals surface area (Å²) < 4.78 is 14.3. The monoisotopic (exact) mass is 352 g/mol. The third-order valence-electron chi connectivity index (χ3n) is 3.88. The van der Waals surface area contributed by atoms with Crippen molar-refractivity contribution in [2.45, 2.75) is 18.9 Å². The number of hydrogen-bond acceptors (Lipinski definition) is 5. The van der Waals surface area contributed by atoms with Crippen LogP contribution < -0.4 is 11.3 Å². The zero-order valence-electron chi connectivity index (χ0n) is 12.0. The van der Waals surface area contributed by atoms with Gasteiger partial charge in [0.15, 0.2) is 0 Å². The molecule has 0 aliphatic heterocycles. The number of pyridine rings is 1. The molecule has 1 aliphatic carbocycles. The highest BCUT2D eigenvalue weighted by Gasteiger charge is 2.31. The number of fused-ring (bicyclic) bond motifs is 1. The van der Waals surface area contributed by atoms with E-state index in [-0.39, 0.29) is 24.0 Å². The molecule has 3 N–H and O–H groups in total. The van der Waals surface area contributed by atoms with E-state index >= 15 is 0 Å². The van der Waals surface area contributed by atoms with E-state index in [0.717, 1.165) is 19.0 Å². The zero-order chi connectivity index (χ0) is 15.3. The minimum Gasteiger partial charge on any atom is -0.321 e. The number of aromatic nitrogens is 3. The average molecular weight is 353 g/mol. The number of thiophene rings is 1. The molecule has 8 heteroatoms. The second-order valence-electron chi connectivity index (χ2n) is 5.49. The molecule has 1 atom stereocenters. The maximum Gasteiger partial charge on any atom is 0.268 e. The Balaban J connectivity index is 0.00000156. The van der Waals surface area contributed by atoms with Crippen LogP contribution in [0.1, 0.15) is 24.7 Å². The molecule has 120 valence electrons. The van der Waals surface area contributed by atoms with Crippen LogP contribution in [-0.4, -0.2) is 15.0 Å². The fourth-order valence-electron chi connectivity index (χ4n) is 2.50. The van der Waals surface area contributed by atoms with Crippen LogP contribution in [0.15, 0.2) is 29.3 Å². The van der Waals surface area contributed by atoms with Crippen molar-refractivity contribution in [2.75, 3.05) is 0 Å². The summed E-state index contributed by atoms with van der Waals surface area (Å²) in [5, 5.41) is 0. The second-order valence-corrected chi connectivity index (χ2v) is 6.55. The summed E-state index contributed by atoms with van der Waals surface area (Å²) in [6.45, 7) is 0. The van der Waals surface area contributed by atoms with Crippen LogP contribution in [-0.2, 0) is 0 Å². The van der Waals surface area contributed by atoms with Crippen LogP contribution in [0.3, 0.4) is 0 Å². The number of nitrogens with one attached hydrogen (secondary N) is 1. The van der Waals surface area contributed by atoms with E-state index in [4.69, 9.17) is 5.73 Å². The van der Waals surface area contributed by atoms with Gasteiger partial charge in [-0.2, -0.15) is 0 Å². The highest BCUT2D eigenvalue weighted by Crippen LogP contribution is 2.39. The van der Waals surface area contributed by atoms with Crippen molar-refractivity contribution in [1.82, 2.24) is 15.0 Å². The van der Waals surface area contributed by atoms with Gasteiger partial charge in [-0.3, -0.25) is 9.78 Å². The molecule has 1 fully saturated rings. The molecule has 0 amide bonds. The number of rotatable bonds is 3. The summed E-state index contributed by atoms with van der Waals surface area (Å²) in [5.74, 6) is 0.497. The SMILES string of the molecule is Cl.N[C@H](c1nc2cc(-c3ccncc3F)sc2c(=O)[nH]1)C1CC1. The van der Waals surface area contributed by atoms with E-state index in [1.807, 2.05) is 0 Å². The van der Waals surface area contributed by atoms with Crippen LogP contribution in [0.25, 0.3) is 20.7 Å². The van der Waals surface area contributed by atoms with E-state index in [1.165, 1.54) is 17.5 Å². The lowest BCUT2D eigenvalue weighted by Gasteiger charge is -2.08. The van der Waals surface area contributed by atoms with Gasteiger partial charge in [0.25, 0.3) is 5.56 Å². The van der Waals surface area contributed by atoms with Crippen LogP contribution in [0.4, 0.5) is 4.39 Å². The molecule has 0 unspecified atom stereocenters. The second kappa shape index (κ2) is 5.99. The Kier molecular flexibility index (Phi) is 4.18. The van der Waals surface area contributed by atoms with Gasteiger partial charge in [-0.15, -0.1) is 23.7 Å². The van der Waals surface area contributed by atoms with Gasteiger partial charge in [-0.25, -0.2) is 9.37 Å². The molecule has 0 aromatic carbocycles. The first-order chi connectivity index (χ1) is 10.6. The Bertz CT molecular complexity index is 921. The number of halogens is 2. The number of hydrogen-bond donors (Lipinski definition) is 2. The minimum absolute atomic E-state index is 0. The smallest absolute Gasteiger partial charge is 0.268 e. The first kappa shape index (κ1) is 16.0. The molecular formula is C15H14ClFN4OS. The largest absolute Gasteiger partial charge is 0.321 e. The Hall–Kier alpha value is -1.83. The molecule has 23 heavy (non-hydrogen) atoms. The van der Waals surface area contributed by atoms with Gasteiger partial charge in [0, 0.05) is 16.6 Å². The van der Waals surface area contributed by atoms with Gasteiger partial charge in [0.2, 0.25) is 0 Å². The fraction of sp³-hybridized carbons (Fsp3) is 0.267. The fourth-order valence-corrected chi connectivity index (χ4v) is 3.52. The summed E-state index contributed by atoms with van der Waals surface area (Å²) in [6, 6.07) is 3.08. The molecule has 3 aromatic rings. The molecule has 3 heterocycles. The molecule has 1 aliphatic rings. The Labute approximate surface area is 141 Å². The van der Waals surface area contributed by atoms with E-state index < -0.39 is 5.82 Å². The van der Waals surface area contributed by atoms with Crippen LogP contribution in [0.5, 0.6) is 0 Å². The molecule has 0 saturated heterocycles. The van der Waals surface area contributed by atoms with Gasteiger partial charge in [-0.1, -0.05) is 0 Å². The number of aromatic amines is 1. The number of nitrogens with zero attached hydrogens (tertiary/aromatic N) is 2. The molecule has 3 aromatic heterocycles. The van der Waals surface area contributed by atoms with Crippen LogP contribution in [0.2, 0.25) is 0 Å². The molecule has 4 rings (SSSR count). The van der Waals surface area contributed by atoms with Crippen molar-refractivity contribution in [3.05, 3.63) is 46.5 Å². The average Bonchev–Trinajstić information content (AvgIpc) is 3.26. The highest BCUT2D eigenvalue weighted by molar-refractivity contribution is 7.22. The van der Waals surface area contributed by atoms with Crippen molar-refractivity contribution in [2.24, 2.45) is 11.7 Å². The Morgan fingerprint density at radius 1 is 1.43 bits per heavy atom. The topological polar surface area (TPSA) is 84.7 Å². The summed E-state index contributed by atoms with van der Waals surface area (Å²) in [5.41, 5.74) is 6.87. The number of nitrogens with two attached hydrogens (primary N) is 1. The zero-order valence-corrected chi connectivity index (χ0v) is 13.6. The van der Waals surface area contributed by atoms with Crippen molar-refractivity contribution >= 4 is 34.0 Å². The lowest BCUT2D eigenvalue weighted by atomic mass is 10.2. The molecule has 5 nitrogen and oxygen atoms in total. The van der Waals surface area contributed by atoms with E-state index in [9.17, 15) is 9.18 Å². The third kappa shape index (κ3) is 2.87. The summed E-state index contributed by atoms with van der Waals surface area (Å²) >= 11 is 1.22. The van der Waals surface area contributed by atoms with Crippen molar-refractivity contribution < 1.29 is 4.39 Å². The van der Waals surface area contributed by atoms with Gasteiger partial charge in [0.05, 0.1) is 17.8 Å². The van der Waals surface area contributed by atoms with Gasteiger partial charge in [-0.05, 0) is 30.9 Å². The first-order valence-corrected chi connectivity index (χ1v) is 7.84. The van der Waals surface area contributed by atoms with Gasteiger partial charge >= 0.3 is 0 Å². The third-order valence-corrected chi connectivity index (χ3v) is 5.04. The Morgan fingerprint density at radius 2 is 2.22 bits per heavy atom.